The molecular formula is C16H29N3. The number of rotatable bonds is 6. The van der Waals surface area contributed by atoms with Crippen molar-refractivity contribution in [3.63, 3.8) is 0 Å². The van der Waals surface area contributed by atoms with Crippen LogP contribution in [0.2, 0.25) is 0 Å². The van der Waals surface area contributed by atoms with Crippen molar-refractivity contribution in [2.24, 2.45) is 5.92 Å². The lowest BCUT2D eigenvalue weighted by Crippen LogP contribution is -2.53. The summed E-state index contributed by atoms with van der Waals surface area (Å²) in [4.78, 5) is 2.49. The molecule has 2 saturated carbocycles. The fourth-order valence-electron chi connectivity index (χ4n) is 3.15. The van der Waals surface area contributed by atoms with Crippen LogP contribution in [-0.4, -0.2) is 36.1 Å². The minimum atomic E-state index is -0.240. The summed E-state index contributed by atoms with van der Waals surface area (Å²) in [6.45, 7) is 5.72. The molecule has 1 N–H and O–H groups in total. The van der Waals surface area contributed by atoms with Gasteiger partial charge in [0, 0.05) is 12.1 Å². The lowest BCUT2D eigenvalue weighted by atomic mass is 9.79. The van der Waals surface area contributed by atoms with Crippen molar-refractivity contribution < 1.29 is 0 Å². The highest BCUT2D eigenvalue weighted by Gasteiger charge is 2.41. The monoisotopic (exact) mass is 263 g/mol. The Morgan fingerprint density at radius 2 is 2.11 bits per heavy atom. The van der Waals surface area contributed by atoms with Gasteiger partial charge in [0.25, 0.3) is 0 Å². The van der Waals surface area contributed by atoms with Crippen molar-refractivity contribution in [3.05, 3.63) is 0 Å². The van der Waals surface area contributed by atoms with E-state index in [4.69, 9.17) is 0 Å². The summed E-state index contributed by atoms with van der Waals surface area (Å²) in [6, 6.07) is 3.81. The third kappa shape index (κ3) is 4.19. The first kappa shape index (κ1) is 14.8. The zero-order valence-corrected chi connectivity index (χ0v) is 12.8. The van der Waals surface area contributed by atoms with Crippen molar-refractivity contribution in [2.45, 2.75) is 76.4 Å². The third-order valence-electron chi connectivity index (χ3n) is 4.68. The second kappa shape index (κ2) is 6.24. The molecule has 2 unspecified atom stereocenters. The van der Waals surface area contributed by atoms with E-state index in [2.05, 4.69) is 37.2 Å². The van der Waals surface area contributed by atoms with Crippen LogP contribution in [0.3, 0.4) is 0 Å². The summed E-state index contributed by atoms with van der Waals surface area (Å²) >= 11 is 0. The maximum Gasteiger partial charge on any atom is 0.108 e. The van der Waals surface area contributed by atoms with Crippen LogP contribution in [0.15, 0.2) is 0 Å². The molecule has 0 aromatic carbocycles. The fraction of sp³-hybridized carbons (Fsp3) is 0.938. The van der Waals surface area contributed by atoms with Crippen molar-refractivity contribution >= 4 is 0 Å². The van der Waals surface area contributed by atoms with E-state index < -0.39 is 0 Å². The van der Waals surface area contributed by atoms with Gasteiger partial charge in [0.15, 0.2) is 0 Å². The van der Waals surface area contributed by atoms with Crippen LogP contribution in [0.5, 0.6) is 0 Å². The fourth-order valence-corrected chi connectivity index (χ4v) is 3.15. The van der Waals surface area contributed by atoms with Crippen molar-refractivity contribution in [3.8, 4) is 6.07 Å². The number of hydrogen-bond donors (Lipinski definition) is 1. The van der Waals surface area contributed by atoms with Gasteiger partial charge < -0.3 is 4.90 Å². The molecule has 0 bridgehead atoms. The van der Waals surface area contributed by atoms with Gasteiger partial charge in [-0.2, -0.15) is 5.26 Å². The maximum atomic E-state index is 9.60. The van der Waals surface area contributed by atoms with Crippen LogP contribution in [-0.2, 0) is 0 Å². The lowest BCUT2D eigenvalue weighted by Gasteiger charge is -2.40. The lowest BCUT2D eigenvalue weighted by molar-refractivity contribution is 0.138. The Bertz CT molecular complexity index is 329. The van der Waals surface area contributed by atoms with Crippen molar-refractivity contribution in [1.29, 1.82) is 5.26 Å². The molecule has 0 radical (unpaired) electrons. The molecule has 2 fully saturated rings. The van der Waals surface area contributed by atoms with Gasteiger partial charge in [-0.3, -0.25) is 5.32 Å². The summed E-state index contributed by atoms with van der Waals surface area (Å²) in [5.41, 5.74) is -0.240. The normalized spacial score (nSPS) is 31.7. The minimum Gasteiger partial charge on any atom is -0.303 e. The van der Waals surface area contributed by atoms with Crippen LogP contribution in [0, 0.1) is 17.2 Å². The Hall–Kier alpha value is -0.590. The second-order valence-electron chi connectivity index (χ2n) is 7.03. The van der Waals surface area contributed by atoms with E-state index in [0.717, 1.165) is 25.3 Å². The highest BCUT2D eigenvalue weighted by molar-refractivity contribution is 5.13. The molecule has 3 heteroatoms. The largest absolute Gasteiger partial charge is 0.303 e. The van der Waals surface area contributed by atoms with Gasteiger partial charge >= 0.3 is 0 Å². The molecule has 3 nitrogen and oxygen atoms in total. The van der Waals surface area contributed by atoms with E-state index in [1.54, 1.807) is 0 Å². The van der Waals surface area contributed by atoms with Gasteiger partial charge in [-0.25, -0.2) is 0 Å². The summed E-state index contributed by atoms with van der Waals surface area (Å²) in [6.07, 6.45) is 8.26. The number of nitriles is 1. The molecule has 0 amide bonds. The van der Waals surface area contributed by atoms with E-state index in [0.29, 0.717) is 12.1 Å². The first-order valence-corrected chi connectivity index (χ1v) is 7.94. The molecule has 0 heterocycles. The first-order chi connectivity index (χ1) is 9.04. The average Bonchev–Trinajstić information content (AvgIpc) is 3.20. The van der Waals surface area contributed by atoms with E-state index in [9.17, 15) is 5.26 Å². The maximum absolute atomic E-state index is 9.60. The van der Waals surface area contributed by atoms with E-state index >= 15 is 0 Å². The molecule has 0 aromatic rings. The molecule has 0 saturated heterocycles. The molecule has 2 atom stereocenters. The molecular weight excluding hydrogens is 234 g/mol. The van der Waals surface area contributed by atoms with Crippen LogP contribution in [0.4, 0.5) is 0 Å². The summed E-state index contributed by atoms with van der Waals surface area (Å²) in [5, 5.41) is 13.2. The Morgan fingerprint density at radius 1 is 1.37 bits per heavy atom. The van der Waals surface area contributed by atoms with Crippen LogP contribution in [0.1, 0.15) is 58.8 Å². The van der Waals surface area contributed by atoms with Crippen molar-refractivity contribution in [2.75, 3.05) is 13.6 Å². The van der Waals surface area contributed by atoms with Crippen LogP contribution >= 0.6 is 0 Å². The summed E-state index contributed by atoms with van der Waals surface area (Å²) in [7, 11) is 2.23. The Morgan fingerprint density at radius 3 is 2.68 bits per heavy atom. The SMILES string of the molecule is CC(C)CCN(C)C1CCCC(C#N)(NC2CC2)C1. The standard InChI is InChI=1S/C16H29N3/c1-13(2)8-10-19(3)15-5-4-9-16(11-15,12-17)18-14-6-7-14/h13-15,18H,4-11H2,1-3H3. The zero-order chi connectivity index (χ0) is 13.9. The molecule has 2 aliphatic rings. The Kier molecular flexibility index (Phi) is 4.86. The van der Waals surface area contributed by atoms with E-state index in [1.807, 2.05) is 0 Å². The summed E-state index contributed by atoms with van der Waals surface area (Å²) in [5.74, 6) is 0.761. The number of nitrogens with zero attached hydrogens (tertiary/aromatic N) is 2. The first-order valence-electron chi connectivity index (χ1n) is 7.94. The molecule has 108 valence electrons. The molecule has 0 aromatic heterocycles. The van der Waals surface area contributed by atoms with Crippen LogP contribution < -0.4 is 5.32 Å². The topological polar surface area (TPSA) is 39.1 Å². The quantitative estimate of drug-likeness (QED) is 0.801. The third-order valence-corrected chi connectivity index (χ3v) is 4.68. The molecule has 19 heavy (non-hydrogen) atoms. The van der Waals surface area contributed by atoms with Gasteiger partial charge in [-0.1, -0.05) is 13.8 Å². The molecule has 2 aliphatic carbocycles. The van der Waals surface area contributed by atoms with Gasteiger partial charge in [0.05, 0.1) is 6.07 Å². The molecule has 0 spiro atoms. The van der Waals surface area contributed by atoms with Crippen LogP contribution in [0.25, 0.3) is 0 Å². The number of nitrogens with one attached hydrogen (secondary N) is 1. The summed E-state index contributed by atoms with van der Waals surface area (Å²) < 4.78 is 0. The van der Waals surface area contributed by atoms with Crippen molar-refractivity contribution in [1.82, 2.24) is 10.2 Å². The Labute approximate surface area is 118 Å². The molecule has 0 aliphatic heterocycles. The number of hydrogen-bond acceptors (Lipinski definition) is 3. The Balaban J connectivity index is 1.89. The second-order valence-corrected chi connectivity index (χ2v) is 7.03. The highest BCUT2D eigenvalue weighted by Crippen LogP contribution is 2.34. The van der Waals surface area contributed by atoms with Gasteiger partial charge in [0.2, 0.25) is 0 Å². The smallest absolute Gasteiger partial charge is 0.108 e. The highest BCUT2D eigenvalue weighted by atomic mass is 15.1. The van der Waals surface area contributed by atoms with Gasteiger partial charge in [0.1, 0.15) is 5.54 Å². The minimum absolute atomic E-state index is 0.240. The average molecular weight is 263 g/mol. The predicted molar refractivity (Wildman–Crippen MR) is 78.8 cm³/mol. The van der Waals surface area contributed by atoms with E-state index in [1.165, 1.54) is 32.1 Å². The van der Waals surface area contributed by atoms with E-state index in [-0.39, 0.29) is 5.54 Å². The van der Waals surface area contributed by atoms with Gasteiger partial charge in [-0.05, 0) is 64.5 Å². The predicted octanol–water partition coefficient (Wildman–Crippen LogP) is 2.92. The zero-order valence-electron chi connectivity index (χ0n) is 12.8. The van der Waals surface area contributed by atoms with Gasteiger partial charge in [-0.15, -0.1) is 0 Å². The molecule has 2 rings (SSSR count).